The molecule has 0 spiro atoms. The minimum absolute atomic E-state index is 0.0941. The molecule has 10 heteroatoms. The quantitative estimate of drug-likeness (QED) is 0.744. The first-order valence-corrected chi connectivity index (χ1v) is 8.84. The van der Waals surface area contributed by atoms with E-state index in [1.807, 2.05) is 0 Å². The van der Waals surface area contributed by atoms with E-state index < -0.39 is 28.5 Å². The van der Waals surface area contributed by atoms with Crippen molar-refractivity contribution in [1.29, 1.82) is 0 Å². The number of hydrogen-bond donors (Lipinski definition) is 2. The number of rotatable bonds is 7. The summed E-state index contributed by atoms with van der Waals surface area (Å²) >= 11 is 0. The molecule has 0 saturated heterocycles. The van der Waals surface area contributed by atoms with Crippen molar-refractivity contribution >= 4 is 27.6 Å². The molecule has 0 atom stereocenters. The zero-order valence-corrected chi connectivity index (χ0v) is 15.2. The van der Waals surface area contributed by atoms with Crippen LogP contribution in [0.2, 0.25) is 0 Å². The number of sulfonamides is 1. The summed E-state index contributed by atoms with van der Waals surface area (Å²) in [6.45, 7) is 1.02. The van der Waals surface area contributed by atoms with Gasteiger partial charge in [0.05, 0.1) is 5.56 Å². The van der Waals surface area contributed by atoms with Crippen LogP contribution in [0.3, 0.4) is 0 Å². The number of benzene rings is 1. The lowest BCUT2D eigenvalue weighted by Crippen LogP contribution is -2.21. The third kappa shape index (κ3) is 4.41. The van der Waals surface area contributed by atoms with E-state index in [0.717, 1.165) is 4.31 Å². The lowest BCUT2D eigenvalue weighted by molar-refractivity contribution is -0.139. The normalized spacial score (nSPS) is 11.4. The zero-order valence-electron chi connectivity index (χ0n) is 14.3. The number of aliphatic carboxylic acids is 1. The molecule has 26 heavy (non-hydrogen) atoms. The summed E-state index contributed by atoms with van der Waals surface area (Å²) in [6.07, 6.45) is 0. The summed E-state index contributed by atoms with van der Waals surface area (Å²) in [5.41, 5.74) is 0.520. The first-order valence-electron chi connectivity index (χ1n) is 7.40. The maximum absolute atomic E-state index is 12.4. The highest BCUT2D eigenvalue weighted by atomic mass is 32.2. The Bertz CT molecular complexity index is 915. The monoisotopic (exact) mass is 382 g/mol. The number of carboxylic acid groups (broad SMARTS) is 1. The Hall–Kier alpha value is -2.85. The molecule has 1 heterocycles. The molecule has 0 aliphatic carbocycles. The molecule has 9 nitrogen and oxygen atoms in total. The van der Waals surface area contributed by atoms with Crippen LogP contribution in [0.25, 0.3) is 0 Å². The van der Waals surface area contributed by atoms with Crippen LogP contribution in [0, 0.1) is 6.92 Å². The molecule has 0 fully saturated rings. The van der Waals surface area contributed by atoms with E-state index in [0.29, 0.717) is 11.4 Å². The standard InChI is InChI=1S/C16H18N2O7S/c1-10-13(8-15(25-10)26(22,23)18(2)3)16(21)17-11-4-6-12(7-5-11)24-9-14(19)20/h4-8H,9H2,1-3H3,(H,17,21)(H,19,20). The highest BCUT2D eigenvalue weighted by molar-refractivity contribution is 7.88. The van der Waals surface area contributed by atoms with Crippen molar-refractivity contribution in [2.24, 2.45) is 0 Å². The van der Waals surface area contributed by atoms with Gasteiger partial charge in [0.15, 0.2) is 6.61 Å². The maximum Gasteiger partial charge on any atom is 0.341 e. The van der Waals surface area contributed by atoms with Crippen molar-refractivity contribution in [3.8, 4) is 5.75 Å². The van der Waals surface area contributed by atoms with E-state index in [9.17, 15) is 18.0 Å². The SMILES string of the molecule is Cc1oc(S(=O)(=O)N(C)C)cc1C(=O)Nc1ccc(OCC(=O)O)cc1. The lowest BCUT2D eigenvalue weighted by Gasteiger charge is -2.07. The van der Waals surface area contributed by atoms with Gasteiger partial charge < -0.3 is 19.6 Å². The minimum Gasteiger partial charge on any atom is -0.482 e. The number of anilines is 1. The number of carbonyl (C=O) groups is 2. The number of furan rings is 1. The molecule has 0 saturated carbocycles. The van der Waals surface area contributed by atoms with Crippen LogP contribution >= 0.6 is 0 Å². The Kier molecular flexibility index (Phi) is 5.68. The molecule has 2 N–H and O–H groups in total. The number of nitrogens with one attached hydrogen (secondary N) is 1. The molecule has 0 aliphatic rings. The van der Waals surface area contributed by atoms with Crippen molar-refractivity contribution in [3.63, 3.8) is 0 Å². The summed E-state index contributed by atoms with van der Waals surface area (Å²) in [7, 11) is -1.06. The van der Waals surface area contributed by atoms with Gasteiger partial charge in [-0.3, -0.25) is 4.79 Å². The summed E-state index contributed by atoms with van der Waals surface area (Å²) in [4.78, 5) is 22.8. The van der Waals surface area contributed by atoms with E-state index in [1.54, 1.807) is 0 Å². The van der Waals surface area contributed by atoms with Gasteiger partial charge in [0.2, 0.25) is 5.09 Å². The van der Waals surface area contributed by atoms with E-state index in [-0.39, 0.29) is 16.4 Å². The van der Waals surface area contributed by atoms with Crippen LogP contribution in [0.15, 0.2) is 39.8 Å². The summed E-state index contributed by atoms with van der Waals surface area (Å²) in [5.74, 6) is -1.12. The maximum atomic E-state index is 12.4. The second kappa shape index (κ2) is 7.58. The first-order chi connectivity index (χ1) is 12.1. The molecular formula is C16H18N2O7S. The molecule has 2 aromatic rings. The first kappa shape index (κ1) is 19.5. The number of carbonyl (C=O) groups excluding carboxylic acids is 1. The summed E-state index contributed by atoms with van der Waals surface area (Å²) < 4.78 is 35.3. The predicted octanol–water partition coefficient (Wildman–Crippen LogP) is 1.55. The number of carboxylic acids is 1. The Labute approximate surface area is 150 Å². The van der Waals surface area contributed by atoms with Gasteiger partial charge in [0.1, 0.15) is 11.5 Å². The van der Waals surface area contributed by atoms with Crippen LogP contribution < -0.4 is 10.1 Å². The number of hydrogen-bond acceptors (Lipinski definition) is 6. The second-order valence-electron chi connectivity index (χ2n) is 5.48. The van der Waals surface area contributed by atoms with E-state index >= 15 is 0 Å². The number of amides is 1. The van der Waals surface area contributed by atoms with Gasteiger partial charge in [0.25, 0.3) is 15.9 Å². The molecule has 1 amide bonds. The fourth-order valence-electron chi connectivity index (χ4n) is 1.97. The average Bonchev–Trinajstić information content (AvgIpc) is 2.96. The third-order valence-electron chi connectivity index (χ3n) is 3.35. The molecule has 0 bridgehead atoms. The highest BCUT2D eigenvalue weighted by Gasteiger charge is 2.25. The van der Waals surface area contributed by atoms with Crippen LogP contribution in [-0.2, 0) is 14.8 Å². The van der Waals surface area contributed by atoms with Gasteiger partial charge in [-0.25, -0.2) is 17.5 Å². The fraction of sp³-hybridized carbons (Fsp3) is 0.250. The van der Waals surface area contributed by atoms with Gasteiger partial charge in [-0.05, 0) is 31.2 Å². The molecule has 2 rings (SSSR count). The largest absolute Gasteiger partial charge is 0.482 e. The van der Waals surface area contributed by atoms with Crippen molar-refractivity contribution in [2.45, 2.75) is 12.0 Å². The lowest BCUT2D eigenvalue weighted by atomic mass is 10.2. The van der Waals surface area contributed by atoms with Crippen LogP contribution in [0.5, 0.6) is 5.75 Å². The molecule has 0 aliphatic heterocycles. The molecule has 1 aromatic carbocycles. The number of ether oxygens (including phenoxy) is 1. The third-order valence-corrected chi connectivity index (χ3v) is 5.02. The van der Waals surface area contributed by atoms with E-state index in [4.69, 9.17) is 14.3 Å². The molecule has 1 aromatic heterocycles. The minimum atomic E-state index is -3.78. The van der Waals surface area contributed by atoms with Gasteiger partial charge in [-0.1, -0.05) is 0 Å². The van der Waals surface area contributed by atoms with Crippen LogP contribution in [0.4, 0.5) is 5.69 Å². The van der Waals surface area contributed by atoms with E-state index in [2.05, 4.69) is 5.32 Å². The van der Waals surface area contributed by atoms with Crippen molar-refractivity contribution in [3.05, 3.63) is 41.7 Å². The van der Waals surface area contributed by atoms with Crippen molar-refractivity contribution in [2.75, 3.05) is 26.0 Å². The van der Waals surface area contributed by atoms with Gasteiger partial charge in [-0.2, -0.15) is 0 Å². The summed E-state index contributed by atoms with van der Waals surface area (Å²) in [5, 5.41) is 10.8. The zero-order chi connectivity index (χ0) is 19.5. The molecule has 0 unspecified atom stereocenters. The van der Waals surface area contributed by atoms with Gasteiger partial charge >= 0.3 is 5.97 Å². The van der Waals surface area contributed by atoms with E-state index in [1.165, 1.54) is 51.4 Å². The Morgan fingerprint density at radius 2 is 1.85 bits per heavy atom. The summed E-state index contributed by atoms with van der Waals surface area (Å²) in [6, 6.07) is 7.24. The van der Waals surface area contributed by atoms with Gasteiger partial charge in [-0.15, -0.1) is 0 Å². The molecule has 140 valence electrons. The van der Waals surface area contributed by atoms with Crippen LogP contribution in [0.1, 0.15) is 16.1 Å². The Balaban J connectivity index is 2.13. The number of aryl methyl sites for hydroxylation is 1. The number of nitrogens with zero attached hydrogens (tertiary/aromatic N) is 1. The van der Waals surface area contributed by atoms with Crippen molar-refractivity contribution in [1.82, 2.24) is 4.31 Å². The topological polar surface area (TPSA) is 126 Å². The predicted molar refractivity (Wildman–Crippen MR) is 91.8 cm³/mol. The van der Waals surface area contributed by atoms with Crippen LogP contribution in [-0.4, -0.2) is 50.4 Å². The Morgan fingerprint density at radius 3 is 2.38 bits per heavy atom. The Morgan fingerprint density at radius 1 is 1.23 bits per heavy atom. The second-order valence-corrected chi connectivity index (χ2v) is 7.57. The van der Waals surface area contributed by atoms with Gasteiger partial charge in [0, 0.05) is 25.8 Å². The highest BCUT2D eigenvalue weighted by Crippen LogP contribution is 2.23. The molecular weight excluding hydrogens is 364 g/mol. The van der Waals surface area contributed by atoms with Crippen molar-refractivity contribution < 1.29 is 32.3 Å². The average molecular weight is 382 g/mol. The fourth-order valence-corrected chi connectivity index (χ4v) is 2.82. The smallest absolute Gasteiger partial charge is 0.341 e. The molecule has 0 radical (unpaired) electrons.